The molecule has 5 aromatic rings. The van der Waals surface area contributed by atoms with Crippen molar-refractivity contribution < 1.29 is 9.15 Å². The van der Waals surface area contributed by atoms with E-state index >= 15 is 0 Å². The summed E-state index contributed by atoms with van der Waals surface area (Å²) in [5.41, 5.74) is 6.77. The third-order valence-electron chi connectivity index (χ3n) is 5.96. The van der Waals surface area contributed by atoms with Gasteiger partial charge in [0.05, 0.1) is 29.2 Å². The van der Waals surface area contributed by atoms with Crippen molar-refractivity contribution in [2.24, 2.45) is 0 Å². The minimum Gasteiger partial charge on any atom is -0.490 e. The monoisotopic (exact) mass is 410 g/mol. The number of fused-ring (bicyclic) bond motifs is 2. The number of furan rings is 1. The number of aromatic amines is 1. The second kappa shape index (κ2) is 7.56. The predicted molar refractivity (Wildman–Crippen MR) is 121 cm³/mol. The molecular formula is C25H22N4O2. The number of nitrogens with zero attached hydrogens (tertiary/aromatic N) is 2. The number of H-pyrrole nitrogens is 1. The maximum Gasteiger partial charge on any atom is 0.146 e. The third kappa shape index (κ3) is 3.25. The van der Waals surface area contributed by atoms with Gasteiger partial charge in [-0.3, -0.25) is 9.97 Å². The zero-order chi connectivity index (χ0) is 20.6. The molecule has 0 unspecified atom stereocenters. The van der Waals surface area contributed by atoms with Gasteiger partial charge in [-0.1, -0.05) is 12.1 Å². The first-order valence-corrected chi connectivity index (χ1v) is 10.6. The van der Waals surface area contributed by atoms with Gasteiger partial charge in [0.2, 0.25) is 0 Å². The van der Waals surface area contributed by atoms with Gasteiger partial charge in [0.1, 0.15) is 17.9 Å². The summed E-state index contributed by atoms with van der Waals surface area (Å²) in [6.45, 7) is 1.69. The molecule has 0 saturated carbocycles. The number of hydrogen-bond donors (Lipinski definition) is 2. The number of pyridine rings is 2. The average Bonchev–Trinajstić information content (AvgIpc) is 3.56. The highest BCUT2D eigenvalue weighted by Gasteiger charge is 2.21. The molecule has 0 aliphatic carbocycles. The Bertz CT molecular complexity index is 1360. The maximum atomic E-state index is 6.24. The van der Waals surface area contributed by atoms with Crippen LogP contribution in [-0.4, -0.2) is 34.1 Å². The fourth-order valence-corrected chi connectivity index (χ4v) is 4.41. The minimum absolute atomic E-state index is 0.387. The van der Waals surface area contributed by atoms with Crippen LogP contribution in [0.2, 0.25) is 0 Å². The molecular weight excluding hydrogens is 388 g/mol. The van der Waals surface area contributed by atoms with Crippen LogP contribution >= 0.6 is 0 Å². The molecule has 1 aliphatic heterocycles. The minimum atomic E-state index is 0.387. The van der Waals surface area contributed by atoms with Crippen LogP contribution < -0.4 is 10.1 Å². The Morgan fingerprint density at radius 3 is 3.06 bits per heavy atom. The lowest BCUT2D eigenvalue weighted by atomic mass is 9.99. The van der Waals surface area contributed by atoms with E-state index in [9.17, 15) is 0 Å². The van der Waals surface area contributed by atoms with Crippen LogP contribution in [-0.2, 0) is 0 Å². The summed E-state index contributed by atoms with van der Waals surface area (Å²) in [6, 6.07) is 14.6. The van der Waals surface area contributed by atoms with Crippen LogP contribution in [0.4, 0.5) is 0 Å². The Hall–Kier alpha value is -3.64. The van der Waals surface area contributed by atoms with Crippen molar-refractivity contribution in [2.45, 2.75) is 18.9 Å². The van der Waals surface area contributed by atoms with Gasteiger partial charge >= 0.3 is 0 Å². The van der Waals surface area contributed by atoms with Crippen LogP contribution in [0, 0.1) is 0 Å². The van der Waals surface area contributed by atoms with E-state index < -0.39 is 0 Å². The number of benzene rings is 1. The summed E-state index contributed by atoms with van der Waals surface area (Å²) in [5.74, 6) is 0.767. The average molecular weight is 410 g/mol. The molecule has 6 rings (SSSR count). The van der Waals surface area contributed by atoms with Gasteiger partial charge in [-0.15, -0.1) is 0 Å². The van der Waals surface area contributed by atoms with Crippen molar-refractivity contribution in [2.75, 3.05) is 13.2 Å². The Kier molecular flexibility index (Phi) is 4.43. The van der Waals surface area contributed by atoms with E-state index in [1.165, 1.54) is 6.42 Å². The molecule has 1 saturated heterocycles. The van der Waals surface area contributed by atoms with Gasteiger partial charge in [-0.25, -0.2) is 0 Å². The molecule has 1 fully saturated rings. The van der Waals surface area contributed by atoms with E-state index in [1.807, 2.05) is 30.5 Å². The smallest absolute Gasteiger partial charge is 0.146 e. The van der Waals surface area contributed by atoms with E-state index in [2.05, 4.69) is 38.5 Å². The third-order valence-corrected chi connectivity index (χ3v) is 5.96. The largest absolute Gasteiger partial charge is 0.490 e. The van der Waals surface area contributed by atoms with E-state index in [-0.39, 0.29) is 0 Å². The van der Waals surface area contributed by atoms with Gasteiger partial charge in [-0.05, 0) is 55.3 Å². The molecule has 1 aromatic carbocycles. The number of nitrogens with one attached hydrogen (secondary N) is 2. The Morgan fingerprint density at radius 2 is 2.13 bits per heavy atom. The fraction of sp³-hybridized carbons (Fsp3) is 0.200. The molecule has 1 aliphatic rings. The quantitative estimate of drug-likeness (QED) is 0.418. The first-order chi connectivity index (χ1) is 15.4. The van der Waals surface area contributed by atoms with Gasteiger partial charge in [0, 0.05) is 34.9 Å². The van der Waals surface area contributed by atoms with Crippen molar-refractivity contribution in [3.8, 4) is 28.1 Å². The van der Waals surface area contributed by atoms with Crippen LogP contribution in [0.25, 0.3) is 44.4 Å². The number of rotatable bonds is 5. The summed E-state index contributed by atoms with van der Waals surface area (Å²) in [7, 11) is 0. The number of hydrogen-bond acceptors (Lipinski definition) is 5. The lowest BCUT2D eigenvalue weighted by molar-refractivity contribution is 0.277. The van der Waals surface area contributed by atoms with Crippen LogP contribution in [0.15, 0.2) is 71.7 Å². The number of aromatic nitrogens is 3. The maximum absolute atomic E-state index is 6.24. The standard InChI is InChI=1S/C25H22N4O2/c1-3-18(27-9-1)15-31-22-14-26-11-7-19(22)24-23(25-20(29-24)4-2-10-28-25)17-6-5-16-8-12-30-21(16)13-17/h2,4-8,10-14,18,27,29H,1,3,9,15H2/t18-/m0/s1. The summed E-state index contributed by atoms with van der Waals surface area (Å²) in [4.78, 5) is 12.6. The lowest BCUT2D eigenvalue weighted by Gasteiger charge is -2.15. The first kappa shape index (κ1) is 18.2. The molecule has 0 radical (unpaired) electrons. The molecule has 31 heavy (non-hydrogen) atoms. The zero-order valence-electron chi connectivity index (χ0n) is 17.0. The van der Waals surface area contributed by atoms with E-state index in [4.69, 9.17) is 9.15 Å². The highest BCUT2D eigenvalue weighted by molar-refractivity contribution is 6.03. The molecule has 2 N–H and O–H groups in total. The second-order valence-electron chi connectivity index (χ2n) is 7.92. The van der Waals surface area contributed by atoms with Crippen molar-refractivity contribution in [1.29, 1.82) is 0 Å². The van der Waals surface area contributed by atoms with Gasteiger partial charge < -0.3 is 19.5 Å². The molecule has 5 heterocycles. The predicted octanol–water partition coefficient (Wildman–Crippen LogP) is 5.17. The lowest BCUT2D eigenvalue weighted by Crippen LogP contribution is -2.28. The molecule has 154 valence electrons. The zero-order valence-corrected chi connectivity index (χ0v) is 17.0. The summed E-state index contributed by atoms with van der Waals surface area (Å²) in [5, 5.41) is 4.56. The van der Waals surface area contributed by atoms with Crippen molar-refractivity contribution in [3.05, 3.63) is 67.3 Å². The van der Waals surface area contributed by atoms with Gasteiger partial charge in [0.15, 0.2) is 0 Å². The number of ether oxygens (including phenoxy) is 1. The Labute approximate surface area is 179 Å². The van der Waals surface area contributed by atoms with Crippen molar-refractivity contribution >= 4 is 22.0 Å². The highest BCUT2D eigenvalue weighted by atomic mass is 16.5. The summed E-state index contributed by atoms with van der Waals surface area (Å²) in [6.07, 6.45) is 9.47. The SMILES string of the molecule is c1cnc2c(-c3ccc4ccoc4c3)c(-c3ccncc3OC[C@@H]3CCCN3)[nH]c2c1. The van der Waals surface area contributed by atoms with Gasteiger partial charge in [-0.2, -0.15) is 0 Å². The van der Waals surface area contributed by atoms with E-state index in [0.29, 0.717) is 12.6 Å². The summed E-state index contributed by atoms with van der Waals surface area (Å²) < 4.78 is 11.9. The van der Waals surface area contributed by atoms with E-state index in [0.717, 1.165) is 63.1 Å². The molecule has 0 bridgehead atoms. The van der Waals surface area contributed by atoms with E-state index in [1.54, 1.807) is 18.7 Å². The van der Waals surface area contributed by atoms with Crippen molar-refractivity contribution in [1.82, 2.24) is 20.3 Å². The second-order valence-corrected chi connectivity index (χ2v) is 7.92. The molecule has 0 spiro atoms. The Morgan fingerprint density at radius 1 is 1.13 bits per heavy atom. The molecule has 0 amide bonds. The summed E-state index contributed by atoms with van der Waals surface area (Å²) >= 11 is 0. The molecule has 6 heteroatoms. The molecule has 1 atom stereocenters. The topological polar surface area (TPSA) is 76.0 Å². The highest BCUT2D eigenvalue weighted by Crippen LogP contribution is 2.41. The fourth-order valence-electron chi connectivity index (χ4n) is 4.41. The molecule has 4 aromatic heterocycles. The first-order valence-electron chi connectivity index (χ1n) is 10.6. The van der Waals surface area contributed by atoms with Crippen LogP contribution in [0.5, 0.6) is 5.75 Å². The van der Waals surface area contributed by atoms with Crippen LogP contribution in [0.3, 0.4) is 0 Å². The van der Waals surface area contributed by atoms with Crippen molar-refractivity contribution in [3.63, 3.8) is 0 Å². The van der Waals surface area contributed by atoms with Crippen LogP contribution in [0.1, 0.15) is 12.8 Å². The van der Waals surface area contributed by atoms with Gasteiger partial charge in [0.25, 0.3) is 0 Å². The molecule has 6 nitrogen and oxygen atoms in total. The Balaban J connectivity index is 1.50. The normalized spacial score (nSPS) is 16.3.